The first kappa shape index (κ1) is 19.0. The third-order valence-electron chi connectivity index (χ3n) is 4.65. The predicted molar refractivity (Wildman–Crippen MR) is 98.4 cm³/mol. The van der Waals surface area contributed by atoms with Crippen molar-refractivity contribution >= 4 is 28.6 Å². The van der Waals surface area contributed by atoms with Crippen LogP contribution in [0.5, 0.6) is 5.75 Å². The summed E-state index contributed by atoms with van der Waals surface area (Å²) in [4.78, 5) is 30.2. The molecule has 0 aliphatic carbocycles. The number of nitrogens with zero attached hydrogens (tertiary/aromatic N) is 4. The normalized spacial score (nSPS) is 17.3. The van der Waals surface area contributed by atoms with Gasteiger partial charge in [0.1, 0.15) is 17.6 Å². The molecular weight excluding hydrogens is 389 g/mol. The minimum absolute atomic E-state index is 0.200. The van der Waals surface area contributed by atoms with Crippen LogP contribution < -0.4 is 15.0 Å². The molecule has 1 atom stereocenters. The van der Waals surface area contributed by atoms with Crippen LogP contribution in [-0.2, 0) is 4.79 Å². The first-order valence-electron chi connectivity index (χ1n) is 8.95. The molecule has 2 aromatic heterocycles. The highest BCUT2D eigenvalue weighted by atomic mass is 19.4. The van der Waals surface area contributed by atoms with Crippen LogP contribution in [0.3, 0.4) is 0 Å². The van der Waals surface area contributed by atoms with E-state index in [2.05, 4.69) is 30.0 Å². The fraction of sp³-hybridized carbons (Fsp3) is 0.333. The fourth-order valence-electron chi connectivity index (χ4n) is 3.36. The zero-order valence-corrected chi connectivity index (χ0v) is 15.1. The van der Waals surface area contributed by atoms with E-state index in [1.165, 1.54) is 18.5 Å². The number of carbonyl (C=O) groups is 1. The smallest absolute Gasteiger partial charge is 0.406 e. The quantitative estimate of drug-likeness (QED) is 0.691. The number of carbonyl (C=O) groups excluding carboxylic acids is 1. The number of nitrogens with one attached hydrogen (secondary N) is 2. The number of H-pyrrole nitrogens is 1. The Bertz CT molecular complexity index is 1000. The SMILES string of the molecule is O=C(Nc1ccc(OC(F)(F)F)cc1)[C@@H]1CCCN(c2ncnc3nc[nH]c23)C1. The Morgan fingerprint density at radius 2 is 2.00 bits per heavy atom. The molecule has 0 spiro atoms. The van der Waals surface area contributed by atoms with Crippen molar-refractivity contribution in [3.63, 3.8) is 0 Å². The van der Waals surface area contributed by atoms with Crippen LogP contribution >= 0.6 is 0 Å². The van der Waals surface area contributed by atoms with Crippen molar-refractivity contribution in [2.45, 2.75) is 19.2 Å². The van der Waals surface area contributed by atoms with Crippen molar-refractivity contribution in [2.24, 2.45) is 5.92 Å². The predicted octanol–water partition coefficient (Wildman–Crippen LogP) is 3.11. The molecule has 0 radical (unpaired) electrons. The molecule has 2 N–H and O–H groups in total. The van der Waals surface area contributed by atoms with Gasteiger partial charge >= 0.3 is 6.36 Å². The van der Waals surface area contributed by atoms with Crippen molar-refractivity contribution in [3.8, 4) is 5.75 Å². The second-order valence-electron chi connectivity index (χ2n) is 6.65. The standard InChI is InChI=1S/C18H17F3N6O2/c19-18(20,21)29-13-5-3-12(4-6-13)26-17(28)11-2-1-7-27(8-11)16-14-15(23-9-22-14)24-10-25-16/h3-6,9-11H,1-2,7-8H2,(H,26,28)(H,22,23,24,25)/t11-/m1/s1. The summed E-state index contributed by atoms with van der Waals surface area (Å²) in [7, 11) is 0. The number of anilines is 2. The molecule has 3 heterocycles. The summed E-state index contributed by atoms with van der Waals surface area (Å²) in [5, 5.41) is 2.75. The lowest BCUT2D eigenvalue weighted by Crippen LogP contribution is -2.41. The Balaban J connectivity index is 1.42. The minimum atomic E-state index is -4.75. The van der Waals surface area contributed by atoms with E-state index in [0.29, 0.717) is 35.6 Å². The molecular formula is C18H17F3N6O2. The molecule has 0 bridgehead atoms. The molecule has 0 saturated carbocycles. The monoisotopic (exact) mass is 406 g/mol. The van der Waals surface area contributed by atoms with Crippen molar-refractivity contribution in [1.29, 1.82) is 0 Å². The van der Waals surface area contributed by atoms with Crippen LogP contribution in [0.1, 0.15) is 12.8 Å². The molecule has 11 heteroatoms. The molecule has 152 valence electrons. The second kappa shape index (κ2) is 7.57. The topological polar surface area (TPSA) is 96.0 Å². The molecule has 1 saturated heterocycles. The number of hydrogen-bond donors (Lipinski definition) is 2. The summed E-state index contributed by atoms with van der Waals surface area (Å²) in [6.45, 7) is 1.21. The van der Waals surface area contributed by atoms with E-state index in [-0.39, 0.29) is 17.6 Å². The molecule has 3 aromatic rings. The number of alkyl halides is 3. The summed E-state index contributed by atoms with van der Waals surface area (Å²) in [6.07, 6.45) is -0.266. The highest BCUT2D eigenvalue weighted by Gasteiger charge is 2.31. The van der Waals surface area contributed by atoms with Crippen LogP contribution in [0.4, 0.5) is 24.7 Å². The van der Waals surface area contributed by atoms with Gasteiger partial charge in [0.15, 0.2) is 11.5 Å². The number of hydrogen-bond acceptors (Lipinski definition) is 6. The zero-order chi connectivity index (χ0) is 20.4. The lowest BCUT2D eigenvalue weighted by atomic mass is 9.97. The molecule has 1 aliphatic heterocycles. The largest absolute Gasteiger partial charge is 0.573 e. The highest BCUT2D eigenvalue weighted by Crippen LogP contribution is 2.27. The minimum Gasteiger partial charge on any atom is -0.406 e. The summed E-state index contributed by atoms with van der Waals surface area (Å²) >= 11 is 0. The van der Waals surface area contributed by atoms with E-state index in [1.54, 1.807) is 6.33 Å². The maximum Gasteiger partial charge on any atom is 0.573 e. The number of benzene rings is 1. The number of rotatable bonds is 4. The van der Waals surface area contributed by atoms with Gasteiger partial charge in [-0.3, -0.25) is 4.79 Å². The number of halogens is 3. The van der Waals surface area contributed by atoms with E-state index < -0.39 is 6.36 Å². The third kappa shape index (κ3) is 4.39. The summed E-state index contributed by atoms with van der Waals surface area (Å²) in [5.41, 5.74) is 1.68. The van der Waals surface area contributed by atoms with Crippen LogP contribution in [0.2, 0.25) is 0 Å². The summed E-state index contributed by atoms with van der Waals surface area (Å²) in [5.74, 6) is -0.137. The van der Waals surface area contributed by atoms with Gasteiger partial charge in [0, 0.05) is 18.8 Å². The third-order valence-corrected chi connectivity index (χ3v) is 4.65. The van der Waals surface area contributed by atoms with Gasteiger partial charge in [-0.05, 0) is 37.1 Å². The Morgan fingerprint density at radius 3 is 2.76 bits per heavy atom. The average molecular weight is 406 g/mol. The van der Waals surface area contributed by atoms with Crippen LogP contribution in [0.25, 0.3) is 11.2 Å². The van der Waals surface area contributed by atoms with E-state index in [9.17, 15) is 18.0 Å². The van der Waals surface area contributed by atoms with Gasteiger partial charge < -0.3 is 19.9 Å². The van der Waals surface area contributed by atoms with Crippen LogP contribution in [-0.4, -0.2) is 45.3 Å². The first-order valence-corrected chi connectivity index (χ1v) is 8.95. The summed E-state index contributed by atoms with van der Waals surface area (Å²) in [6, 6.07) is 5.06. The number of amides is 1. The van der Waals surface area contributed by atoms with Gasteiger partial charge in [-0.1, -0.05) is 0 Å². The lowest BCUT2D eigenvalue weighted by molar-refractivity contribution is -0.274. The Hall–Kier alpha value is -3.37. The number of aromatic amines is 1. The molecule has 8 nitrogen and oxygen atoms in total. The van der Waals surface area contributed by atoms with Crippen LogP contribution in [0, 0.1) is 5.92 Å². The Morgan fingerprint density at radius 1 is 1.21 bits per heavy atom. The van der Waals surface area contributed by atoms with E-state index in [1.807, 2.05) is 4.90 Å². The zero-order valence-electron chi connectivity index (χ0n) is 15.1. The molecule has 1 amide bonds. The van der Waals surface area contributed by atoms with Gasteiger partial charge in [-0.15, -0.1) is 13.2 Å². The van der Waals surface area contributed by atoms with Gasteiger partial charge in [0.2, 0.25) is 5.91 Å². The molecule has 1 aromatic carbocycles. The van der Waals surface area contributed by atoms with E-state index in [0.717, 1.165) is 25.1 Å². The first-order chi connectivity index (χ1) is 13.9. The molecule has 29 heavy (non-hydrogen) atoms. The van der Waals surface area contributed by atoms with Crippen molar-refractivity contribution < 1.29 is 22.7 Å². The second-order valence-corrected chi connectivity index (χ2v) is 6.65. The number of fused-ring (bicyclic) bond motifs is 1. The van der Waals surface area contributed by atoms with Crippen LogP contribution in [0.15, 0.2) is 36.9 Å². The van der Waals surface area contributed by atoms with Gasteiger partial charge in [-0.25, -0.2) is 15.0 Å². The van der Waals surface area contributed by atoms with Crippen molar-refractivity contribution in [3.05, 3.63) is 36.9 Å². The number of aromatic nitrogens is 4. The highest BCUT2D eigenvalue weighted by molar-refractivity contribution is 5.93. The van der Waals surface area contributed by atoms with E-state index in [4.69, 9.17) is 0 Å². The van der Waals surface area contributed by atoms with Crippen molar-refractivity contribution in [1.82, 2.24) is 19.9 Å². The Labute approximate surface area is 163 Å². The Kier molecular flexibility index (Phi) is 4.95. The molecule has 0 unspecified atom stereocenters. The average Bonchev–Trinajstić information content (AvgIpc) is 3.17. The van der Waals surface area contributed by atoms with Gasteiger partial charge in [0.05, 0.1) is 12.2 Å². The molecule has 1 fully saturated rings. The molecule has 1 aliphatic rings. The van der Waals surface area contributed by atoms with Gasteiger partial charge in [-0.2, -0.15) is 0 Å². The maximum atomic E-state index is 12.7. The maximum absolute atomic E-state index is 12.7. The number of imidazole rings is 1. The fourth-order valence-corrected chi connectivity index (χ4v) is 3.36. The lowest BCUT2D eigenvalue weighted by Gasteiger charge is -2.32. The van der Waals surface area contributed by atoms with Crippen molar-refractivity contribution in [2.75, 3.05) is 23.3 Å². The number of piperidine rings is 1. The molecule has 4 rings (SSSR count). The van der Waals surface area contributed by atoms with E-state index >= 15 is 0 Å². The number of ether oxygens (including phenoxy) is 1. The van der Waals surface area contributed by atoms with Gasteiger partial charge in [0.25, 0.3) is 0 Å². The summed E-state index contributed by atoms with van der Waals surface area (Å²) < 4.78 is 40.5.